The fourth-order valence-electron chi connectivity index (χ4n) is 4.15. The normalized spacial score (nSPS) is 13.9. The van der Waals surface area contributed by atoms with Gasteiger partial charge in [0.25, 0.3) is 0 Å². The Hall–Kier alpha value is -4.50. The van der Waals surface area contributed by atoms with Gasteiger partial charge in [-0.05, 0) is 50.3 Å². The highest BCUT2D eigenvalue weighted by Gasteiger charge is 2.31. The number of rotatable bonds is 18. The standard InChI is InChI=1S/C26H37N7O8/c27-10-4-3-7-19(26(40)41)32-25(39)20(12-21(29)34)33-24(38)18(8-9-22(35)36)31-23(37)16(28)11-14-13-30-17-6-2-1-5-15(14)17/h1-2,5-6,13,16,18-20,30H,3-4,7-12,27-28H2,(H2,29,34)(H,31,37)(H,32,39)(H,33,38)(H,35,36)(H,40,41). The van der Waals surface area contributed by atoms with Crippen LogP contribution in [0.25, 0.3) is 10.9 Å². The highest BCUT2D eigenvalue weighted by atomic mass is 16.4. The van der Waals surface area contributed by atoms with Crippen molar-refractivity contribution < 1.29 is 39.0 Å². The lowest BCUT2D eigenvalue weighted by Crippen LogP contribution is -2.58. The van der Waals surface area contributed by atoms with Crippen molar-refractivity contribution >= 4 is 46.5 Å². The molecular formula is C26H37N7O8. The Balaban J connectivity index is 2.14. The lowest BCUT2D eigenvalue weighted by Gasteiger charge is -2.24. The number of hydrogen-bond acceptors (Lipinski definition) is 8. The number of primary amides is 1. The minimum absolute atomic E-state index is 0.0567. The summed E-state index contributed by atoms with van der Waals surface area (Å²) in [6, 6.07) is 1.94. The van der Waals surface area contributed by atoms with E-state index < -0.39 is 72.6 Å². The number of carboxylic acid groups (broad SMARTS) is 2. The lowest BCUT2D eigenvalue weighted by atomic mass is 10.0. The molecule has 0 fully saturated rings. The molecule has 4 unspecified atom stereocenters. The van der Waals surface area contributed by atoms with Gasteiger partial charge in [-0.2, -0.15) is 0 Å². The summed E-state index contributed by atoms with van der Waals surface area (Å²) in [4.78, 5) is 76.3. The van der Waals surface area contributed by atoms with E-state index in [9.17, 15) is 33.9 Å². The monoisotopic (exact) mass is 575 g/mol. The van der Waals surface area contributed by atoms with Gasteiger partial charge in [-0.1, -0.05) is 18.2 Å². The predicted molar refractivity (Wildman–Crippen MR) is 147 cm³/mol. The number of hydrogen-bond donors (Lipinski definition) is 9. The molecule has 1 aromatic heterocycles. The quantitative estimate of drug-likeness (QED) is 0.0922. The van der Waals surface area contributed by atoms with Crippen LogP contribution < -0.4 is 33.2 Å². The molecule has 15 heteroatoms. The molecule has 0 aliphatic rings. The van der Waals surface area contributed by atoms with Crippen molar-refractivity contribution in [2.24, 2.45) is 17.2 Å². The molecular weight excluding hydrogens is 538 g/mol. The summed E-state index contributed by atoms with van der Waals surface area (Å²) < 4.78 is 0. The Morgan fingerprint density at radius 2 is 1.49 bits per heavy atom. The number of nitrogens with one attached hydrogen (secondary N) is 4. The van der Waals surface area contributed by atoms with Gasteiger partial charge in [0.15, 0.2) is 0 Å². The summed E-state index contributed by atoms with van der Waals surface area (Å²) in [6.07, 6.45) is 1.26. The zero-order valence-corrected chi connectivity index (χ0v) is 22.4. The van der Waals surface area contributed by atoms with E-state index in [2.05, 4.69) is 20.9 Å². The smallest absolute Gasteiger partial charge is 0.326 e. The maximum Gasteiger partial charge on any atom is 0.326 e. The maximum atomic E-state index is 13.1. The van der Waals surface area contributed by atoms with Gasteiger partial charge in [0, 0.05) is 23.5 Å². The van der Waals surface area contributed by atoms with Gasteiger partial charge < -0.3 is 48.3 Å². The molecule has 15 nitrogen and oxygen atoms in total. The maximum absolute atomic E-state index is 13.1. The number of unbranched alkanes of at least 4 members (excludes halogenated alkanes) is 1. The number of aromatic nitrogens is 1. The Bertz CT molecular complexity index is 1250. The van der Waals surface area contributed by atoms with Gasteiger partial charge in [-0.15, -0.1) is 0 Å². The molecule has 41 heavy (non-hydrogen) atoms. The van der Waals surface area contributed by atoms with Gasteiger partial charge in [0.2, 0.25) is 23.6 Å². The number of aliphatic carboxylic acids is 2. The molecule has 0 aliphatic carbocycles. The van der Waals surface area contributed by atoms with E-state index in [1.165, 1.54) is 0 Å². The molecule has 0 aliphatic heterocycles. The molecule has 4 atom stereocenters. The second-order valence-electron chi connectivity index (χ2n) is 9.58. The molecule has 4 amide bonds. The van der Waals surface area contributed by atoms with Gasteiger partial charge in [0.05, 0.1) is 12.5 Å². The fourth-order valence-corrected chi connectivity index (χ4v) is 4.15. The minimum Gasteiger partial charge on any atom is -0.481 e. The highest BCUT2D eigenvalue weighted by Crippen LogP contribution is 2.19. The second-order valence-corrected chi connectivity index (χ2v) is 9.58. The van der Waals surface area contributed by atoms with E-state index in [0.29, 0.717) is 19.4 Å². The van der Waals surface area contributed by atoms with Crippen LogP contribution in [0.15, 0.2) is 30.5 Å². The Kier molecular flexibility index (Phi) is 12.7. The third-order valence-electron chi connectivity index (χ3n) is 6.33. The third kappa shape index (κ3) is 10.5. The van der Waals surface area contributed by atoms with E-state index in [1.807, 2.05) is 24.3 Å². The molecule has 12 N–H and O–H groups in total. The molecule has 0 bridgehead atoms. The summed E-state index contributed by atoms with van der Waals surface area (Å²) in [6.45, 7) is 0.329. The second kappa shape index (κ2) is 15.9. The Morgan fingerprint density at radius 1 is 0.854 bits per heavy atom. The van der Waals surface area contributed by atoms with E-state index in [4.69, 9.17) is 22.3 Å². The minimum atomic E-state index is -1.58. The first kappa shape index (κ1) is 32.7. The van der Waals surface area contributed by atoms with Crippen LogP contribution in [0, 0.1) is 0 Å². The van der Waals surface area contributed by atoms with Crippen molar-refractivity contribution in [3.8, 4) is 0 Å². The number of amides is 4. The number of fused-ring (bicyclic) bond motifs is 1. The number of carboxylic acids is 2. The average molecular weight is 576 g/mol. The first-order valence-corrected chi connectivity index (χ1v) is 13.1. The summed E-state index contributed by atoms with van der Waals surface area (Å²) in [5, 5.41) is 26.4. The third-order valence-corrected chi connectivity index (χ3v) is 6.33. The van der Waals surface area contributed by atoms with Gasteiger partial charge in [-0.25, -0.2) is 4.79 Å². The van der Waals surface area contributed by atoms with Crippen molar-refractivity contribution in [1.29, 1.82) is 0 Å². The summed E-state index contributed by atoms with van der Waals surface area (Å²) >= 11 is 0. The number of nitrogens with two attached hydrogens (primary N) is 3. The molecule has 0 spiro atoms. The summed E-state index contributed by atoms with van der Waals surface area (Å²) in [7, 11) is 0. The zero-order valence-electron chi connectivity index (χ0n) is 22.4. The molecule has 0 radical (unpaired) electrons. The molecule has 224 valence electrons. The number of H-pyrrole nitrogens is 1. The molecule has 0 saturated heterocycles. The Labute approximate surface area is 235 Å². The molecule has 2 aromatic rings. The lowest BCUT2D eigenvalue weighted by molar-refractivity contribution is -0.142. The predicted octanol–water partition coefficient (Wildman–Crippen LogP) is -1.55. The topological polar surface area (TPSA) is 273 Å². The number of carbonyl (C=O) groups excluding carboxylic acids is 4. The highest BCUT2D eigenvalue weighted by molar-refractivity contribution is 5.96. The van der Waals surface area contributed by atoms with E-state index in [0.717, 1.165) is 16.5 Å². The zero-order chi connectivity index (χ0) is 30.5. The van der Waals surface area contributed by atoms with E-state index in [-0.39, 0.29) is 19.3 Å². The van der Waals surface area contributed by atoms with Crippen molar-refractivity contribution in [1.82, 2.24) is 20.9 Å². The molecule has 1 aromatic carbocycles. The SMILES string of the molecule is NCCCCC(NC(=O)C(CC(N)=O)NC(=O)C(CCC(=O)O)NC(=O)C(N)Cc1c[nH]c2ccccc12)C(=O)O. The van der Waals surface area contributed by atoms with Crippen LogP contribution in [0.1, 0.15) is 44.1 Å². The van der Waals surface area contributed by atoms with Gasteiger partial charge in [-0.3, -0.25) is 24.0 Å². The van der Waals surface area contributed by atoms with Crippen molar-refractivity contribution in [2.75, 3.05) is 6.54 Å². The van der Waals surface area contributed by atoms with Crippen LogP contribution in [0.2, 0.25) is 0 Å². The van der Waals surface area contributed by atoms with Gasteiger partial charge >= 0.3 is 11.9 Å². The first-order chi connectivity index (χ1) is 19.4. The number of aromatic amines is 1. The number of carbonyl (C=O) groups is 6. The fraction of sp³-hybridized carbons (Fsp3) is 0.462. The van der Waals surface area contributed by atoms with Crippen molar-refractivity contribution in [2.45, 2.75) is 69.1 Å². The van der Waals surface area contributed by atoms with Crippen molar-refractivity contribution in [3.05, 3.63) is 36.0 Å². The number of para-hydroxylation sites is 1. The van der Waals surface area contributed by atoms with Gasteiger partial charge in [0.1, 0.15) is 18.1 Å². The molecule has 2 rings (SSSR count). The van der Waals surface area contributed by atoms with Crippen LogP contribution in [0.5, 0.6) is 0 Å². The summed E-state index contributed by atoms with van der Waals surface area (Å²) in [5.74, 6) is -6.24. The van der Waals surface area contributed by atoms with Crippen LogP contribution in [-0.4, -0.2) is 81.5 Å². The van der Waals surface area contributed by atoms with Crippen molar-refractivity contribution in [3.63, 3.8) is 0 Å². The average Bonchev–Trinajstić information content (AvgIpc) is 3.31. The van der Waals surface area contributed by atoms with Crippen LogP contribution in [-0.2, 0) is 35.2 Å². The Morgan fingerprint density at radius 3 is 2.12 bits per heavy atom. The molecule has 1 heterocycles. The van der Waals surface area contributed by atoms with Crippen LogP contribution in [0.3, 0.4) is 0 Å². The van der Waals surface area contributed by atoms with E-state index in [1.54, 1.807) is 6.20 Å². The summed E-state index contributed by atoms with van der Waals surface area (Å²) in [5.41, 5.74) is 18.3. The largest absolute Gasteiger partial charge is 0.481 e. The van der Waals surface area contributed by atoms with E-state index >= 15 is 0 Å². The van der Waals surface area contributed by atoms with Crippen LogP contribution >= 0.6 is 0 Å². The molecule has 0 saturated carbocycles. The number of benzene rings is 1. The first-order valence-electron chi connectivity index (χ1n) is 13.1. The van der Waals surface area contributed by atoms with Crippen LogP contribution in [0.4, 0.5) is 0 Å².